The van der Waals surface area contributed by atoms with E-state index in [1.54, 1.807) is 24.3 Å². The number of primary amides is 1. The van der Waals surface area contributed by atoms with E-state index in [4.69, 9.17) is 10.5 Å². The van der Waals surface area contributed by atoms with Gasteiger partial charge in [0.05, 0.1) is 0 Å². The Morgan fingerprint density at radius 2 is 1.86 bits per heavy atom. The van der Waals surface area contributed by atoms with E-state index < -0.39 is 5.91 Å². The van der Waals surface area contributed by atoms with E-state index in [1.807, 2.05) is 31.2 Å². The molecule has 5 heteroatoms. The van der Waals surface area contributed by atoms with Gasteiger partial charge in [-0.1, -0.05) is 35.9 Å². The van der Waals surface area contributed by atoms with Crippen LogP contribution >= 0.6 is 0 Å². The Labute approximate surface area is 129 Å². The highest BCUT2D eigenvalue weighted by Gasteiger charge is 2.07. The van der Waals surface area contributed by atoms with Gasteiger partial charge in [-0.05, 0) is 30.7 Å². The number of carbonyl (C=O) groups excluding carboxylic acids is 2. The van der Waals surface area contributed by atoms with Gasteiger partial charge in [0.2, 0.25) is 0 Å². The number of aryl methyl sites for hydroxylation is 1. The van der Waals surface area contributed by atoms with Crippen molar-refractivity contribution in [2.45, 2.75) is 13.5 Å². The predicted octanol–water partition coefficient (Wildman–Crippen LogP) is 1.79. The van der Waals surface area contributed by atoms with E-state index in [0.29, 0.717) is 17.9 Å². The Morgan fingerprint density at radius 3 is 2.55 bits per heavy atom. The Hall–Kier alpha value is -2.82. The largest absolute Gasteiger partial charge is 0.484 e. The number of nitrogens with one attached hydrogen (secondary N) is 1. The molecule has 0 bridgehead atoms. The minimum atomic E-state index is -0.561. The van der Waals surface area contributed by atoms with Gasteiger partial charge in [-0.3, -0.25) is 9.59 Å². The van der Waals surface area contributed by atoms with E-state index in [9.17, 15) is 9.59 Å². The van der Waals surface area contributed by atoms with Gasteiger partial charge in [0.1, 0.15) is 5.75 Å². The minimum Gasteiger partial charge on any atom is -0.484 e. The number of rotatable bonds is 6. The molecule has 0 atom stereocenters. The van der Waals surface area contributed by atoms with Crippen LogP contribution in [-0.4, -0.2) is 18.4 Å². The summed E-state index contributed by atoms with van der Waals surface area (Å²) in [6.07, 6.45) is 0. The molecule has 5 nitrogen and oxygen atoms in total. The molecule has 2 rings (SSSR count). The van der Waals surface area contributed by atoms with Gasteiger partial charge in [0, 0.05) is 12.1 Å². The normalized spacial score (nSPS) is 10.0. The molecule has 2 aromatic rings. The quantitative estimate of drug-likeness (QED) is 0.853. The van der Waals surface area contributed by atoms with Gasteiger partial charge in [-0.2, -0.15) is 0 Å². The van der Waals surface area contributed by atoms with Crippen LogP contribution in [0.2, 0.25) is 0 Å². The van der Waals surface area contributed by atoms with E-state index in [2.05, 4.69) is 5.32 Å². The Morgan fingerprint density at radius 1 is 1.14 bits per heavy atom. The van der Waals surface area contributed by atoms with Crippen LogP contribution in [0.3, 0.4) is 0 Å². The molecule has 114 valence electrons. The molecule has 0 saturated carbocycles. The third-order valence-corrected chi connectivity index (χ3v) is 3.05. The maximum Gasteiger partial charge on any atom is 0.255 e. The summed E-state index contributed by atoms with van der Waals surface area (Å²) in [5.74, 6) is -0.332. The first-order chi connectivity index (χ1) is 10.5. The third-order valence-electron chi connectivity index (χ3n) is 3.05. The van der Waals surface area contributed by atoms with Crippen molar-refractivity contribution in [2.24, 2.45) is 5.73 Å². The molecule has 0 saturated heterocycles. The second-order valence-electron chi connectivity index (χ2n) is 4.95. The van der Waals surface area contributed by atoms with Gasteiger partial charge in [-0.25, -0.2) is 0 Å². The number of ether oxygens (including phenoxy) is 1. The van der Waals surface area contributed by atoms with Crippen LogP contribution in [0, 0.1) is 6.92 Å². The van der Waals surface area contributed by atoms with Crippen molar-refractivity contribution in [3.05, 3.63) is 65.2 Å². The fourth-order valence-electron chi connectivity index (χ4n) is 1.87. The second kappa shape index (κ2) is 7.26. The second-order valence-corrected chi connectivity index (χ2v) is 4.95. The molecule has 3 N–H and O–H groups in total. The lowest BCUT2D eigenvalue weighted by molar-refractivity contribution is -0.119. The number of amides is 2. The first-order valence-electron chi connectivity index (χ1n) is 6.89. The van der Waals surface area contributed by atoms with Crippen LogP contribution in [0.25, 0.3) is 0 Å². The lowest BCUT2D eigenvalue weighted by Gasteiger charge is -2.08. The topological polar surface area (TPSA) is 81.4 Å². The van der Waals surface area contributed by atoms with Crippen molar-refractivity contribution in [1.82, 2.24) is 5.32 Å². The number of hydrogen-bond donors (Lipinski definition) is 2. The fourth-order valence-corrected chi connectivity index (χ4v) is 1.87. The van der Waals surface area contributed by atoms with Gasteiger partial charge in [0.25, 0.3) is 11.8 Å². The average Bonchev–Trinajstić information content (AvgIpc) is 2.52. The van der Waals surface area contributed by atoms with Crippen LogP contribution in [0.5, 0.6) is 5.75 Å². The van der Waals surface area contributed by atoms with Gasteiger partial charge < -0.3 is 15.8 Å². The van der Waals surface area contributed by atoms with Crippen LogP contribution in [0.4, 0.5) is 0 Å². The highest BCUT2D eigenvalue weighted by molar-refractivity contribution is 5.94. The van der Waals surface area contributed by atoms with Crippen molar-refractivity contribution in [3.8, 4) is 5.75 Å². The molecule has 2 amide bonds. The standard InChI is InChI=1S/C17H18N2O3/c1-12-5-7-13(8-6-12)10-19-17(21)14-3-2-4-15(9-14)22-11-16(18)20/h2-9H,10-11H2,1H3,(H2,18,20)(H,19,21). The highest BCUT2D eigenvalue weighted by Crippen LogP contribution is 2.13. The van der Waals surface area contributed by atoms with Crippen molar-refractivity contribution < 1.29 is 14.3 Å². The number of hydrogen-bond acceptors (Lipinski definition) is 3. The summed E-state index contributed by atoms with van der Waals surface area (Å²) in [5.41, 5.74) is 7.69. The lowest BCUT2D eigenvalue weighted by atomic mass is 10.1. The summed E-state index contributed by atoms with van der Waals surface area (Å²) in [6.45, 7) is 2.25. The third kappa shape index (κ3) is 4.63. The summed E-state index contributed by atoms with van der Waals surface area (Å²) >= 11 is 0. The molecule has 0 aromatic heterocycles. The summed E-state index contributed by atoms with van der Waals surface area (Å²) in [4.78, 5) is 22.8. The fraction of sp³-hybridized carbons (Fsp3) is 0.176. The van der Waals surface area contributed by atoms with Crippen LogP contribution in [-0.2, 0) is 11.3 Å². The molecule has 0 aliphatic carbocycles. The van der Waals surface area contributed by atoms with Crippen molar-refractivity contribution in [1.29, 1.82) is 0 Å². The molecule has 2 aromatic carbocycles. The van der Waals surface area contributed by atoms with E-state index in [1.165, 1.54) is 5.56 Å². The van der Waals surface area contributed by atoms with E-state index in [0.717, 1.165) is 5.56 Å². The monoisotopic (exact) mass is 298 g/mol. The SMILES string of the molecule is Cc1ccc(CNC(=O)c2cccc(OCC(N)=O)c2)cc1. The average molecular weight is 298 g/mol. The first kappa shape index (κ1) is 15.6. The molecule has 0 unspecified atom stereocenters. The Bertz CT molecular complexity index is 666. The highest BCUT2D eigenvalue weighted by atomic mass is 16.5. The molecule has 0 heterocycles. The zero-order valence-electron chi connectivity index (χ0n) is 12.3. The summed E-state index contributed by atoms with van der Waals surface area (Å²) < 4.78 is 5.18. The molecule has 0 spiro atoms. The molecule has 0 fully saturated rings. The van der Waals surface area contributed by atoms with Crippen LogP contribution in [0.15, 0.2) is 48.5 Å². The maximum atomic E-state index is 12.1. The van der Waals surface area contributed by atoms with E-state index >= 15 is 0 Å². The Balaban J connectivity index is 1.95. The molecule has 22 heavy (non-hydrogen) atoms. The van der Waals surface area contributed by atoms with Gasteiger partial charge >= 0.3 is 0 Å². The molecular formula is C17H18N2O3. The maximum absolute atomic E-state index is 12.1. The smallest absolute Gasteiger partial charge is 0.255 e. The van der Waals surface area contributed by atoms with Crippen LogP contribution in [0.1, 0.15) is 21.5 Å². The lowest BCUT2D eigenvalue weighted by Crippen LogP contribution is -2.23. The van der Waals surface area contributed by atoms with E-state index in [-0.39, 0.29) is 12.5 Å². The first-order valence-corrected chi connectivity index (χ1v) is 6.89. The van der Waals surface area contributed by atoms with Gasteiger partial charge in [0.15, 0.2) is 6.61 Å². The number of carbonyl (C=O) groups is 2. The van der Waals surface area contributed by atoms with Gasteiger partial charge in [-0.15, -0.1) is 0 Å². The zero-order chi connectivity index (χ0) is 15.9. The number of benzene rings is 2. The summed E-state index contributed by atoms with van der Waals surface area (Å²) in [5, 5.41) is 2.84. The van der Waals surface area contributed by atoms with Crippen molar-refractivity contribution >= 4 is 11.8 Å². The van der Waals surface area contributed by atoms with Crippen molar-refractivity contribution in [3.63, 3.8) is 0 Å². The molecule has 0 radical (unpaired) electrons. The predicted molar refractivity (Wildman–Crippen MR) is 83.5 cm³/mol. The van der Waals surface area contributed by atoms with Crippen molar-refractivity contribution in [2.75, 3.05) is 6.61 Å². The zero-order valence-corrected chi connectivity index (χ0v) is 12.3. The molecule has 0 aliphatic heterocycles. The molecular weight excluding hydrogens is 280 g/mol. The van der Waals surface area contributed by atoms with Crippen LogP contribution < -0.4 is 15.8 Å². The summed E-state index contributed by atoms with van der Waals surface area (Å²) in [6, 6.07) is 14.6. The summed E-state index contributed by atoms with van der Waals surface area (Å²) in [7, 11) is 0. The minimum absolute atomic E-state index is 0.204. The molecule has 0 aliphatic rings. The Kier molecular flexibility index (Phi) is 5.14. The number of nitrogens with two attached hydrogens (primary N) is 1.